The summed E-state index contributed by atoms with van der Waals surface area (Å²) >= 11 is 0. The third kappa shape index (κ3) is 5.18. The molecule has 4 heterocycles. The zero-order chi connectivity index (χ0) is 24.1. The largest absolute Gasteiger partial charge is 0.368 e. The molecule has 31 heavy (non-hydrogen) atoms. The highest BCUT2D eigenvalue weighted by molar-refractivity contribution is 5.88. The minimum atomic E-state index is -2.33. The van der Waals surface area contributed by atoms with Crippen LogP contribution in [0.25, 0.3) is 11.5 Å². The van der Waals surface area contributed by atoms with Crippen LogP contribution in [0.15, 0.2) is 42.9 Å². The number of imidazole rings is 1. The molecule has 0 unspecified atom stereocenters. The third-order valence-corrected chi connectivity index (χ3v) is 5.14. The molecule has 1 fully saturated rings. The van der Waals surface area contributed by atoms with E-state index in [1.165, 1.54) is 0 Å². The van der Waals surface area contributed by atoms with Crippen molar-refractivity contribution in [2.24, 2.45) is 0 Å². The van der Waals surface area contributed by atoms with Gasteiger partial charge in [0.1, 0.15) is 11.5 Å². The molecule has 0 radical (unpaired) electrons. The number of hydrogen-bond acceptors (Lipinski definition) is 6. The fraction of sp³-hybridized carbons (Fsp3) is 0.364. The number of amides is 2. The van der Waals surface area contributed by atoms with Crippen LogP contribution < -0.4 is 15.5 Å². The summed E-state index contributed by atoms with van der Waals surface area (Å²) in [5.41, 5.74) is 2.27. The van der Waals surface area contributed by atoms with Gasteiger partial charge in [0.2, 0.25) is 0 Å². The van der Waals surface area contributed by atoms with Gasteiger partial charge in [0.25, 0.3) is 0 Å². The Kier molecular flexibility index (Phi) is 5.32. The number of aromatic nitrogens is 4. The smallest absolute Gasteiger partial charge is 0.320 e. The van der Waals surface area contributed by atoms with E-state index < -0.39 is 6.85 Å². The zero-order valence-corrected chi connectivity index (χ0v) is 17.4. The van der Waals surface area contributed by atoms with E-state index in [1.54, 1.807) is 24.7 Å². The fourth-order valence-corrected chi connectivity index (χ4v) is 3.61. The number of nitrogens with one attached hydrogen (secondary N) is 3. The highest BCUT2D eigenvalue weighted by Crippen LogP contribution is 2.24. The van der Waals surface area contributed by atoms with Crippen LogP contribution in [-0.4, -0.2) is 63.6 Å². The van der Waals surface area contributed by atoms with E-state index >= 15 is 0 Å². The number of anilines is 2. The van der Waals surface area contributed by atoms with E-state index in [1.807, 2.05) is 25.1 Å². The van der Waals surface area contributed by atoms with Gasteiger partial charge in [-0.2, -0.15) is 0 Å². The number of rotatable bonds is 6. The van der Waals surface area contributed by atoms with Crippen molar-refractivity contribution in [3.05, 3.63) is 54.1 Å². The number of pyridine rings is 2. The monoisotopic (exact) mass is 423 g/mol. The van der Waals surface area contributed by atoms with Crippen LogP contribution in [0.2, 0.25) is 0 Å². The number of aromatic amines is 1. The number of H-pyrrole nitrogens is 1. The quantitative estimate of drug-likeness (QED) is 0.563. The number of aryl methyl sites for hydroxylation is 1. The number of hydrogen-bond donors (Lipinski definition) is 3. The van der Waals surface area contributed by atoms with Gasteiger partial charge in [-0.15, -0.1) is 0 Å². The standard InChI is InChI=1S/C22H28N8O/c1-3-23-22(31)28-20-14-17(6-7-24-20)15-29-10-12-30(13-11-29)19-5-4-18(27-16(19)2)21-25-8-9-26-21/h4-9,14H,3,10-13,15H2,1-2H3,(H,25,26)(H2,23,24,28,31)/i2D3. The van der Waals surface area contributed by atoms with Crippen LogP contribution in [0, 0.1) is 6.85 Å². The molecule has 0 aromatic carbocycles. The van der Waals surface area contributed by atoms with Crippen LogP contribution in [0.4, 0.5) is 16.3 Å². The Bertz CT molecular complexity index is 1110. The van der Waals surface area contributed by atoms with E-state index in [9.17, 15) is 4.79 Å². The third-order valence-electron chi connectivity index (χ3n) is 5.14. The number of piperazine rings is 1. The first-order valence-corrected chi connectivity index (χ1v) is 10.3. The summed E-state index contributed by atoms with van der Waals surface area (Å²) in [4.78, 5) is 31.9. The molecule has 0 atom stereocenters. The summed E-state index contributed by atoms with van der Waals surface area (Å²) < 4.78 is 24.0. The van der Waals surface area contributed by atoms with Crippen LogP contribution in [-0.2, 0) is 6.54 Å². The predicted octanol–water partition coefficient (Wildman–Crippen LogP) is 2.64. The summed E-state index contributed by atoms with van der Waals surface area (Å²) in [5, 5.41) is 5.41. The molecule has 0 aliphatic carbocycles. The second-order valence-electron chi connectivity index (χ2n) is 7.30. The maximum atomic E-state index is 11.7. The van der Waals surface area contributed by atoms with Crippen molar-refractivity contribution in [3.63, 3.8) is 0 Å². The zero-order valence-electron chi connectivity index (χ0n) is 20.4. The maximum Gasteiger partial charge on any atom is 0.320 e. The topological polar surface area (TPSA) is 102 Å². The van der Waals surface area contributed by atoms with Crippen LogP contribution in [0.1, 0.15) is 22.3 Å². The molecule has 3 aromatic rings. The minimum Gasteiger partial charge on any atom is -0.368 e. The van der Waals surface area contributed by atoms with Gasteiger partial charge >= 0.3 is 6.03 Å². The average Bonchev–Trinajstić information content (AvgIpc) is 3.34. The van der Waals surface area contributed by atoms with E-state index in [-0.39, 0.29) is 11.7 Å². The van der Waals surface area contributed by atoms with Crippen LogP contribution in [0.3, 0.4) is 0 Å². The van der Waals surface area contributed by atoms with Crippen molar-refractivity contribution < 1.29 is 8.91 Å². The SMILES string of the molecule is [2H]C([2H])([2H])c1nc(-c2ncc[nH]2)ccc1N1CCN(Cc2ccnc(NC(=O)NCC)c2)CC1. The lowest BCUT2D eigenvalue weighted by Crippen LogP contribution is -2.46. The average molecular weight is 424 g/mol. The van der Waals surface area contributed by atoms with Crippen molar-refractivity contribution in [1.29, 1.82) is 0 Å². The lowest BCUT2D eigenvalue weighted by atomic mass is 10.2. The molecule has 0 bridgehead atoms. The van der Waals surface area contributed by atoms with Crippen molar-refractivity contribution in [2.75, 3.05) is 42.9 Å². The molecule has 1 aliphatic rings. The summed E-state index contributed by atoms with van der Waals surface area (Å²) in [6.45, 7) is 3.67. The number of carbonyl (C=O) groups excluding carboxylic acids is 1. The Morgan fingerprint density at radius 2 is 2.06 bits per heavy atom. The Morgan fingerprint density at radius 3 is 2.81 bits per heavy atom. The Morgan fingerprint density at radius 1 is 1.19 bits per heavy atom. The highest BCUT2D eigenvalue weighted by atomic mass is 16.2. The fourth-order valence-electron chi connectivity index (χ4n) is 3.61. The molecule has 9 heteroatoms. The van der Waals surface area contributed by atoms with E-state index in [0.29, 0.717) is 49.2 Å². The first-order chi connectivity index (χ1) is 16.3. The molecule has 162 valence electrons. The molecule has 2 amide bonds. The Labute approximate surface area is 186 Å². The Hall–Kier alpha value is -3.46. The van der Waals surface area contributed by atoms with E-state index in [0.717, 1.165) is 18.7 Å². The summed E-state index contributed by atoms with van der Waals surface area (Å²) in [5.74, 6) is 1.05. The van der Waals surface area contributed by atoms with Gasteiger partial charge in [-0.1, -0.05) is 0 Å². The second-order valence-corrected chi connectivity index (χ2v) is 7.30. The normalized spacial score (nSPS) is 16.3. The van der Waals surface area contributed by atoms with Crippen molar-refractivity contribution in [3.8, 4) is 11.5 Å². The van der Waals surface area contributed by atoms with Gasteiger partial charge in [-0.05, 0) is 43.6 Å². The highest BCUT2D eigenvalue weighted by Gasteiger charge is 2.19. The van der Waals surface area contributed by atoms with Gasteiger partial charge in [-0.25, -0.2) is 19.7 Å². The van der Waals surface area contributed by atoms with E-state index in [4.69, 9.17) is 4.11 Å². The van der Waals surface area contributed by atoms with Gasteiger partial charge in [0.05, 0.1) is 11.4 Å². The number of nitrogens with zero attached hydrogens (tertiary/aromatic N) is 5. The molecule has 3 N–H and O–H groups in total. The predicted molar refractivity (Wildman–Crippen MR) is 121 cm³/mol. The maximum absolute atomic E-state index is 11.7. The molecule has 0 saturated carbocycles. The molecule has 1 aliphatic heterocycles. The van der Waals surface area contributed by atoms with Crippen LogP contribution >= 0.6 is 0 Å². The molecular weight excluding hydrogens is 392 g/mol. The van der Waals surface area contributed by atoms with Crippen molar-refractivity contribution in [1.82, 2.24) is 30.2 Å². The molecule has 3 aromatic heterocycles. The first kappa shape index (κ1) is 17.2. The van der Waals surface area contributed by atoms with Crippen molar-refractivity contribution >= 4 is 17.5 Å². The molecule has 4 rings (SSSR count). The van der Waals surface area contributed by atoms with Crippen LogP contribution in [0.5, 0.6) is 0 Å². The van der Waals surface area contributed by atoms with Crippen molar-refractivity contribution in [2.45, 2.75) is 20.3 Å². The summed E-state index contributed by atoms with van der Waals surface area (Å²) in [6.07, 6.45) is 4.98. The molecule has 0 spiro atoms. The van der Waals surface area contributed by atoms with Gasteiger partial charge in [0, 0.05) is 62.0 Å². The molecule has 1 saturated heterocycles. The lowest BCUT2D eigenvalue weighted by Gasteiger charge is -2.36. The summed E-state index contributed by atoms with van der Waals surface area (Å²) in [7, 11) is 0. The van der Waals surface area contributed by atoms with Gasteiger partial charge in [0.15, 0.2) is 5.82 Å². The number of carbonyl (C=O) groups is 1. The molecule has 9 nitrogen and oxygen atoms in total. The first-order valence-electron chi connectivity index (χ1n) is 11.8. The van der Waals surface area contributed by atoms with E-state index in [2.05, 4.69) is 40.4 Å². The Balaban J connectivity index is 1.42. The minimum absolute atomic E-state index is 0.0880. The lowest BCUT2D eigenvalue weighted by molar-refractivity contribution is 0.249. The molecular formula is C22H28N8O. The van der Waals surface area contributed by atoms with Gasteiger partial charge < -0.3 is 15.2 Å². The summed E-state index contributed by atoms with van der Waals surface area (Å²) in [6, 6.07) is 7.14. The number of urea groups is 1. The van der Waals surface area contributed by atoms with Gasteiger partial charge in [-0.3, -0.25) is 10.2 Å². The second kappa shape index (κ2) is 9.57.